The second-order valence-corrected chi connectivity index (χ2v) is 3.68. The highest BCUT2D eigenvalue weighted by atomic mass is 16.4. The number of carboxylic acids is 2. The van der Waals surface area contributed by atoms with Crippen LogP contribution in [0.2, 0.25) is 0 Å². The molecule has 0 spiro atoms. The van der Waals surface area contributed by atoms with E-state index >= 15 is 0 Å². The molecule has 0 radical (unpaired) electrons. The zero-order valence-electron chi connectivity index (χ0n) is 9.02. The fraction of sp³-hybridized carbons (Fsp3) is 0.600. The minimum atomic E-state index is -1.91. The topological polar surface area (TPSA) is 94.8 Å². The molecule has 0 fully saturated rings. The number of carboxylic acid groups (broad SMARTS) is 2. The first-order chi connectivity index (χ1) is 6.73. The molecule has 0 aliphatic heterocycles. The SMILES string of the molecule is C/C=C(\C[C@@H](C)[C@](C)(O)C(=O)O)C(=O)O. The molecule has 15 heavy (non-hydrogen) atoms. The first-order valence-electron chi connectivity index (χ1n) is 4.57. The first-order valence-corrected chi connectivity index (χ1v) is 4.57. The summed E-state index contributed by atoms with van der Waals surface area (Å²) in [6.45, 7) is 4.22. The Morgan fingerprint density at radius 3 is 2.13 bits per heavy atom. The van der Waals surface area contributed by atoms with Gasteiger partial charge in [0.1, 0.15) is 0 Å². The van der Waals surface area contributed by atoms with E-state index in [1.165, 1.54) is 13.0 Å². The Bertz CT molecular complexity index is 290. The van der Waals surface area contributed by atoms with Crippen LogP contribution in [-0.2, 0) is 9.59 Å². The van der Waals surface area contributed by atoms with Crippen molar-refractivity contribution in [2.24, 2.45) is 5.92 Å². The van der Waals surface area contributed by atoms with Gasteiger partial charge in [-0.15, -0.1) is 0 Å². The maximum Gasteiger partial charge on any atom is 0.335 e. The molecule has 0 aromatic carbocycles. The fourth-order valence-electron chi connectivity index (χ4n) is 1.07. The van der Waals surface area contributed by atoms with Crippen LogP contribution >= 0.6 is 0 Å². The Hall–Kier alpha value is -1.36. The Morgan fingerprint density at radius 2 is 1.87 bits per heavy atom. The molecule has 0 rings (SSSR count). The van der Waals surface area contributed by atoms with Gasteiger partial charge in [-0.2, -0.15) is 0 Å². The van der Waals surface area contributed by atoms with Crippen LogP contribution in [-0.4, -0.2) is 32.9 Å². The molecule has 86 valence electrons. The van der Waals surface area contributed by atoms with Crippen LogP contribution in [0, 0.1) is 5.92 Å². The Labute approximate surface area is 88.0 Å². The Kier molecular flexibility index (Phi) is 4.48. The summed E-state index contributed by atoms with van der Waals surface area (Å²) in [5.74, 6) is -3.11. The van der Waals surface area contributed by atoms with Gasteiger partial charge in [0.05, 0.1) is 0 Å². The summed E-state index contributed by atoms with van der Waals surface area (Å²) in [6, 6.07) is 0. The lowest BCUT2D eigenvalue weighted by Gasteiger charge is -2.25. The first kappa shape index (κ1) is 13.6. The van der Waals surface area contributed by atoms with Crippen molar-refractivity contribution < 1.29 is 24.9 Å². The molecule has 0 heterocycles. The van der Waals surface area contributed by atoms with Crippen molar-refractivity contribution in [2.75, 3.05) is 0 Å². The largest absolute Gasteiger partial charge is 0.479 e. The minimum absolute atomic E-state index is 0.0190. The summed E-state index contributed by atoms with van der Waals surface area (Å²) in [4.78, 5) is 21.4. The molecular weight excluding hydrogens is 200 g/mol. The molecule has 0 bridgehead atoms. The van der Waals surface area contributed by atoms with Crippen molar-refractivity contribution in [3.63, 3.8) is 0 Å². The predicted octanol–water partition coefficient (Wildman–Crippen LogP) is 0.879. The molecule has 0 aromatic heterocycles. The summed E-state index contributed by atoms with van der Waals surface area (Å²) in [7, 11) is 0. The standard InChI is InChI=1S/C10H16O5/c1-4-7(8(11)12)5-6(2)10(3,15)9(13)14/h4,6,15H,5H2,1-3H3,(H,11,12)(H,13,14)/b7-4+/t6-,10+/m1/s1. The normalized spacial score (nSPS) is 18.0. The van der Waals surface area contributed by atoms with E-state index in [1.54, 1.807) is 6.92 Å². The molecule has 0 saturated carbocycles. The quantitative estimate of drug-likeness (QED) is 0.593. The maximum atomic E-state index is 10.7. The van der Waals surface area contributed by atoms with E-state index < -0.39 is 23.5 Å². The van der Waals surface area contributed by atoms with Crippen LogP contribution in [0.15, 0.2) is 11.6 Å². The van der Waals surface area contributed by atoms with Crippen molar-refractivity contribution in [3.8, 4) is 0 Å². The summed E-state index contributed by atoms with van der Waals surface area (Å²) < 4.78 is 0. The Balaban J connectivity index is 4.69. The van der Waals surface area contributed by atoms with Gasteiger partial charge < -0.3 is 15.3 Å². The number of hydrogen-bond donors (Lipinski definition) is 3. The van der Waals surface area contributed by atoms with Gasteiger partial charge in [0, 0.05) is 5.57 Å². The molecule has 0 aliphatic carbocycles. The molecule has 3 N–H and O–H groups in total. The van der Waals surface area contributed by atoms with Crippen molar-refractivity contribution in [1.82, 2.24) is 0 Å². The third-order valence-electron chi connectivity index (χ3n) is 2.54. The Morgan fingerprint density at radius 1 is 1.40 bits per heavy atom. The van der Waals surface area contributed by atoms with E-state index in [0.717, 1.165) is 6.92 Å². The van der Waals surface area contributed by atoms with Gasteiger partial charge in [-0.25, -0.2) is 9.59 Å². The lowest BCUT2D eigenvalue weighted by atomic mass is 9.85. The molecule has 5 heteroatoms. The van der Waals surface area contributed by atoms with Crippen LogP contribution in [0.4, 0.5) is 0 Å². The zero-order valence-corrected chi connectivity index (χ0v) is 9.02. The van der Waals surface area contributed by atoms with Crippen molar-refractivity contribution in [3.05, 3.63) is 11.6 Å². The van der Waals surface area contributed by atoms with Crippen LogP contribution < -0.4 is 0 Å². The molecule has 2 atom stereocenters. The highest BCUT2D eigenvalue weighted by Gasteiger charge is 2.37. The van der Waals surface area contributed by atoms with Gasteiger partial charge in [0.25, 0.3) is 0 Å². The minimum Gasteiger partial charge on any atom is -0.479 e. The smallest absolute Gasteiger partial charge is 0.335 e. The van der Waals surface area contributed by atoms with Gasteiger partial charge in [0.2, 0.25) is 0 Å². The number of aliphatic carboxylic acids is 2. The van der Waals surface area contributed by atoms with Gasteiger partial charge in [0.15, 0.2) is 5.60 Å². The summed E-state index contributed by atoms with van der Waals surface area (Å²) >= 11 is 0. The second kappa shape index (κ2) is 4.93. The number of aliphatic hydroxyl groups is 1. The maximum absolute atomic E-state index is 10.7. The number of rotatable bonds is 5. The van der Waals surface area contributed by atoms with Crippen LogP contribution in [0.1, 0.15) is 27.2 Å². The van der Waals surface area contributed by atoms with Gasteiger partial charge >= 0.3 is 11.9 Å². The van der Waals surface area contributed by atoms with Crippen LogP contribution in [0.25, 0.3) is 0 Å². The molecule has 0 aliphatic rings. The zero-order chi connectivity index (χ0) is 12.2. The molecule has 0 unspecified atom stereocenters. The van der Waals surface area contributed by atoms with E-state index in [2.05, 4.69) is 0 Å². The summed E-state index contributed by atoms with van der Waals surface area (Å²) in [5.41, 5.74) is -1.81. The van der Waals surface area contributed by atoms with E-state index in [9.17, 15) is 14.7 Å². The molecular formula is C10H16O5. The highest BCUT2D eigenvalue weighted by molar-refractivity contribution is 5.86. The van der Waals surface area contributed by atoms with E-state index in [-0.39, 0.29) is 12.0 Å². The highest BCUT2D eigenvalue weighted by Crippen LogP contribution is 2.24. The summed E-state index contributed by atoms with van der Waals surface area (Å²) in [6.07, 6.45) is 1.42. The van der Waals surface area contributed by atoms with Crippen molar-refractivity contribution in [2.45, 2.75) is 32.8 Å². The lowest BCUT2D eigenvalue weighted by Crippen LogP contribution is -2.42. The number of hydrogen-bond acceptors (Lipinski definition) is 3. The van der Waals surface area contributed by atoms with Crippen LogP contribution in [0.5, 0.6) is 0 Å². The molecule has 5 nitrogen and oxygen atoms in total. The average molecular weight is 216 g/mol. The number of carbonyl (C=O) groups is 2. The summed E-state index contributed by atoms with van der Waals surface area (Å²) in [5, 5.41) is 27.0. The molecule has 0 aromatic rings. The van der Waals surface area contributed by atoms with E-state index in [0.29, 0.717) is 0 Å². The molecule has 0 saturated heterocycles. The van der Waals surface area contributed by atoms with Crippen molar-refractivity contribution >= 4 is 11.9 Å². The van der Waals surface area contributed by atoms with E-state index in [4.69, 9.17) is 10.2 Å². The average Bonchev–Trinajstić information content (AvgIpc) is 2.12. The van der Waals surface area contributed by atoms with Gasteiger partial charge in [-0.05, 0) is 26.2 Å². The lowest BCUT2D eigenvalue weighted by molar-refractivity contribution is -0.162. The number of allylic oxidation sites excluding steroid dienone is 1. The van der Waals surface area contributed by atoms with Crippen LogP contribution in [0.3, 0.4) is 0 Å². The predicted molar refractivity (Wildman–Crippen MR) is 53.4 cm³/mol. The van der Waals surface area contributed by atoms with Crippen molar-refractivity contribution in [1.29, 1.82) is 0 Å². The van der Waals surface area contributed by atoms with Gasteiger partial charge in [-0.3, -0.25) is 0 Å². The third kappa shape index (κ3) is 3.36. The molecule has 0 amide bonds. The van der Waals surface area contributed by atoms with E-state index in [1.807, 2.05) is 0 Å². The third-order valence-corrected chi connectivity index (χ3v) is 2.54. The van der Waals surface area contributed by atoms with Gasteiger partial charge in [-0.1, -0.05) is 13.0 Å². The fourth-order valence-corrected chi connectivity index (χ4v) is 1.07. The second-order valence-electron chi connectivity index (χ2n) is 3.68. The monoisotopic (exact) mass is 216 g/mol.